The first kappa shape index (κ1) is 21.1. The molecule has 0 fully saturated rings. The lowest BCUT2D eigenvalue weighted by atomic mass is 10.2. The van der Waals surface area contributed by atoms with Crippen LogP contribution in [-0.2, 0) is 24.3 Å². The van der Waals surface area contributed by atoms with Gasteiger partial charge in [-0.1, -0.05) is 26.8 Å². The van der Waals surface area contributed by atoms with Gasteiger partial charge in [0.25, 0.3) is 5.91 Å². The van der Waals surface area contributed by atoms with Crippen LogP contribution in [0.15, 0.2) is 23.1 Å². The number of amides is 1. The highest BCUT2D eigenvalue weighted by Gasteiger charge is 2.22. The van der Waals surface area contributed by atoms with E-state index in [1.807, 2.05) is 6.92 Å². The van der Waals surface area contributed by atoms with E-state index >= 15 is 0 Å². The van der Waals surface area contributed by atoms with Crippen molar-refractivity contribution in [2.45, 2.75) is 45.4 Å². The topological polar surface area (TPSA) is 92.8 Å². The van der Waals surface area contributed by atoms with Crippen molar-refractivity contribution < 1.29 is 22.7 Å². The van der Waals surface area contributed by atoms with E-state index in [9.17, 15) is 18.0 Å². The van der Waals surface area contributed by atoms with E-state index in [2.05, 4.69) is 5.32 Å². The molecule has 0 unspecified atom stereocenters. The van der Waals surface area contributed by atoms with Gasteiger partial charge in [0, 0.05) is 25.2 Å². The molecule has 0 radical (unpaired) electrons. The van der Waals surface area contributed by atoms with Gasteiger partial charge in [-0.05, 0) is 31.0 Å². The summed E-state index contributed by atoms with van der Waals surface area (Å²) in [5, 5.41) is 2.60. The van der Waals surface area contributed by atoms with E-state index in [4.69, 9.17) is 4.74 Å². The molecule has 1 aromatic rings. The molecule has 1 rings (SSSR count). The summed E-state index contributed by atoms with van der Waals surface area (Å²) < 4.78 is 31.3. The van der Waals surface area contributed by atoms with E-state index < -0.39 is 28.5 Å². The van der Waals surface area contributed by atoms with Gasteiger partial charge in [0.15, 0.2) is 6.61 Å². The van der Waals surface area contributed by atoms with Crippen LogP contribution in [0, 0.1) is 6.92 Å². The van der Waals surface area contributed by atoms with Crippen LogP contribution in [0.2, 0.25) is 0 Å². The fourth-order valence-electron chi connectivity index (χ4n) is 2.22. The molecule has 0 atom stereocenters. The molecule has 25 heavy (non-hydrogen) atoms. The summed E-state index contributed by atoms with van der Waals surface area (Å²) in [4.78, 5) is 23.4. The molecule has 7 nitrogen and oxygen atoms in total. The normalized spacial score (nSPS) is 11.4. The molecule has 0 spiro atoms. The van der Waals surface area contributed by atoms with Gasteiger partial charge in [-0.2, -0.15) is 4.31 Å². The van der Waals surface area contributed by atoms with E-state index in [1.165, 1.54) is 16.4 Å². The van der Waals surface area contributed by atoms with Crippen molar-refractivity contribution in [2.24, 2.45) is 0 Å². The first-order valence-electron chi connectivity index (χ1n) is 8.32. The third-order valence-corrected chi connectivity index (χ3v) is 5.69. The van der Waals surface area contributed by atoms with Crippen molar-refractivity contribution in [3.05, 3.63) is 23.8 Å². The van der Waals surface area contributed by atoms with E-state index in [-0.39, 0.29) is 11.3 Å². The van der Waals surface area contributed by atoms with Crippen molar-refractivity contribution >= 4 is 27.6 Å². The van der Waals surface area contributed by atoms with Gasteiger partial charge in [-0.15, -0.1) is 0 Å². The van der Waals surface area contributed by atoms with Crippen molar-refractivity contribution in [2.75, 3.05) is 25.0 Å². The van der Waals surface area contributed by atoms with Crippen LogP contribution in [0.5, 0.6) is 0 Å². The molecule has 8 heteroatoms. The molecule has 0 saturated carbocycles. The third kappa shape index (κ3) is 5.82. The van der Waals surface area contributed by atoms with Crippen LogP contribution in [0.25, 0.3) is 0 Å². The van der Waals surface area contributed by atoms with E-state index in [0.717, 1.165) is 0 Å². The number of esters is 1. The molecule has 0 aliphatic rings. The summed E-state index contributed by atoms with van der Waals surface area (Å²) in [5.41, 5.74) is 1.09. The quantitative estimate of drug-likeness (QED) is 0.673. The van der Waals surface area contributed by atoms with Crippen molar-refractivity contribution in [1.82, 2.24) is 4.31 Å². The Balaban J connectivity index is 2.92. The van der Waals surface area contributed by atoms with Crippen LogP contribution in [0.4, 0.5) is 5.69 Å². The lowest BCUT2D eigenvalue weighted by Crippen LogP contribution is -2.30. The molecule has 0 saturated heterocycles. The molecule has 0 bridgehead atoms. The zero-order valence-corrected chi connectivity index (χ0v) is 16.0. The highest BCUT2D eigenvalue weighted by Crippen LogP contribution is 2.23. The largest absolute Gasteiger partial charge is 0.456 e. The number of nitrogens with zero attached hydrogens (tertiary/aromatic N) is 1. The average Bonchev–Trinajstić information content (AvgIpc) is 2.56. The fraction of sp³-hybridized carbons (Fsp3) is 0.529. The van der Waals surface area contributed by atoms with Crippen molar-refractivity contribution in [1.29, 1.82) is 0 Å². The monoisotopic (exact) mass is 370 g/mol. The minimum atomic E-state index is -3.61. The van der Waals surface area contributed by atoms with Gasteiger partial charge in [0.05, 0.1) is 4.90 Å². The van der Waals surface area contributed by atoms with E-state index in [1.54, 1.807) is 26.8 Å². The van der Waals surface area contributed by atoms with Crippen molar-refractivity contribution in [3.8, 4) is 0 Å². The molecule has 0 aliphatic carbocycles. The highest BCUT2D eigenvalue weighted by molar-refractivity contribution is 7.89. The molecule has 1 amide bonds. The maximum Gasteiger partial charge on any atom is 0.306 e. The second-order valence-electron chi connectivity index (χ2n) is 5.52. The number of carbonyl (C=O) groups is 2. The molecule has 0 heterocycles. The summed E-state index contributed by atoms with van der Waals surface area (Å²) in [6.45, 7) is 7.46. The minimum Gasteiger partial charge on any atom is -0.456 e. The summed E-state index contributed by atoms with van der Waals surface area (Å²) in [7, 11) is -3.61. The number of benzene rings is 1. The molecule has 1 N–H and O–H groups in total. The predicted molar refractivity (Wildman–Crippen MR) is 95.8 cm³/mol. The van der Waals surface area contributed by atoms with E-state index in [0.29, 0.717) is 30.8 Å². The van der Waals surface area contributed by atoms with Gasteiger partial charge in [0.1, 0.15) is 0 Å². The van der Waals surface area contributed by atoms with Gasteiger partial charge >= 0.3 is 5.97 Å². The summed E-state index contributed by atoms with van der Waals surface area (Å²) in [6, 6.07) is 4.57. The Morgan fingerprint density at radius 3 is 2.36 bits per heavy atom. The number of rotatable bonds is 9. The Kier molecular flexibility index (Phi) is 8.05. The van der Waals surface area contributed by atoms with Gasteiger partial charge < -0.3 is 10.1 Å². The number of aryl methyl sites for hydroxylation is 1. The number of hydrogen-bond donors (Lipinski definition) is 1. The summed E-state index contributed by atoms with van der Waals surface area (Å²) in [6.07, 6.45) is 0.898. The minimum absolute atomic E-state index is 0.111. The zero-order valence-electron chi connectivity index (χ0n) is 15.2. The summed E-state index contributed by atoms with van der Waals surface area (Å²) >= 11 is 0. The Morgan fingerprint density at radius 1 is 1.16 bits per heavy atom. The Hall–Kier alpha value is -1.93. The number of carbonyl (C=O) groups excluding carboxylic acids is 2. The maximum atomic E-state index is 12.6. The second-order valence-corrected chi connectivity index (χ2v) is 7.46. The molecule has 140 valence electrons. The van der Waals surface area contributed by atoms with Crippen LogP contribution in [0.1, 0.15) is 39.2 Å². The van der Waals surface area contributed by atoms with Gasteiger partial charge in [-0.25, -0.2) is 8.42 Å². The number of nitrogens with one attached hydrogen (secondary N) is 1. The molecular formula is C17H26N2O5S. The lowest BCUT2D eigenvalue weighted by Gasteiger charge is -2.19. The van der Waals surface area contributed by atoms with Crippen LogP contribution in [0.3, 0.4) is 0 Å². The molecular weight excluding hydrogens is 344 g/mol. The maximum absolute atomic E-state index is 12.6. The lowest BCUT2D eigenvalue weighted by molar-refractivity contribution is -0.147. The van der Waals surface area contributed by atoms with Crippen molar-refractivity contribution in [3.63, 3.8) is 0 Å². The number of sulfonamides is 1. The average molecular weight is 370 g/mol. The number of hydrogen-bond acceptors (Lipinski definition) is 5. The smallest absolute Gasteiger partial charge is 0.306 e. The first-order chi connectivity index (χ1) is 11.8. The predicted octanol–water partition coefficient (Wildman–Crippen LogP) is 2.31. The van der Waals surface area contributed by atoms with Crippen LogP contribution >= 0.6 is 0 Å². The summed E-state index contributed by atoms with van der Waals surface area (Å²) in [5.74, 6) is -0.947. The zero-order chi connectivity index (χ0) is 19.0. The van der Waals surface area contributed by atoms with Gasteiger partial charge in [-0.3, -0.25) is 9.59 Å². The van der Waals surface area contributed by atoms with Gasteiger partial charge in [0.2, 0.25) is 10.0 Å². The highest BCUT2D eigenvalue weighted by atomic mass is 32.2. The Labute approximate surface area is 149 Å². The fourth-order valence-corrected chi connectivity index (χ4v) is 3.70. The molecule has 0 aliphatic heterocycles. The molecule has 0 aromatic heterocycles. The first-order valence-corrected chi connectivity index (χ1v) is 9.76. The number of anilines is 1. The number of ether oxygens (including phenoxy) is 1. The Morgan fingerprint density at radius 2 is 1.80 bits per heavy atom. The third-order valence-electron chi connectivity index (χ3n) is 3.64. The Bertz CT molecular complexity index is 712. The standard InChI is InChI=1S/C17H26N2O5S/c1-5-8-17(21)24-12-16(20)18-15-11-14(10-9-13(15)4)25(22,23)19(6-2)7-3/h9-11H,5-8,12H2,1-4H3,(H,18,20). The second kappa shape index (κ2) is 9.53. The van der Waals surface area contributed by atoms with Crippen LogP contribution in [-0.4, -0.2) is 44.3 Å². The van der Waals surface area contributed by atoms with Crippen LogP contribution < -0.4 is 5.32 Å². The SMILES string of the molecule is CCCC(=O)OCC(=O)Nc1cc(S(=O)(=O)N(CC)CC)ccc1C. The molecule has 1 aromatic carbocycles.